The van der Waals surface area contributed by atoms with Crippen LogP contribution in [0.4, 0.5) is 0 Å². The third kappa shape index (κ3) is 2.31. The number of aliphatic hydroxyl groups is 1. The van der Waals surface area contributed by atoms with E-state index in [1.54, 1.807) is 6.20 Å². The van der Waals surface area contributed by atoms with Crippen molar-refractivity contribution in [1.29, 1.82) is 0 Å². The maximum Gasteiger partial charge on any atom is 0.137 e. The van der Waals surface area contributed by atoms with Crippen LogP contribution in [0.25, 0.3) is 0 Å². The Morgan fingerprint density at radius 2 is 2.06 bits per heavy atom. The van der Waals surface area contributed by atoms with Crippen LogP contribution < -0.4 is 0 Å². The molecule has 0 bridgehead atoms. The first-order chi connectivity index (χ1) is 7.81. The lowest BCUT2D eigenvalue weighted by atomic mass is 10.2. The van der Waals surface area contributed by atoms with Gasteiger partial charge >= 0.3 is 0 Å². The molecule has 2 aromatic rings. The first kappa shape index (κ1) is 10.9. The van der Waals surface area contributed by atoms with E-state index < -0.39 is 6.10 Å². The normalized spacial score (nSPS) is 12.6. The van der Waals surface area contributed by atoms with Crippen LogP contribution in [0.2, 0.25) is 0 Å². The molecular formula is C13H16N2O. The molecule has 0 fully saturated rings. The number of hydrogen-bond acceptors (Lipinski definition) is 2. The van der Waals surface area contributed by atoms with E-state index >= 15 is 0 Å². The topological polar surface area (TPSA) is 38.1 Å². The third-order valence-corrected chi connectivity index (χ3v) is 2.63. The van der Waals surface area contributed by atoms with Crippen LogP contribution in [-0.4, -0.2) is 14.7 Å². The third-order valence-electron chi connectivity index (χ3n) is 2.63. The van der Waals surface area contributed by atoms with Gasteiger partial charge in [-0.25, -0.2) is 4.98 Å². The predicted molar refractivity (Wildman–Crippen MR) is 63.0 cm³/mol. The minimum absolute atomic E-state index is 0.473. The summed E-state index contributed by atoms with van der Waals surface area (Å²) in [5, 5.41) is 9.79. The maximum atomic E-state index is 9.79. The molecule has 0 spiro atoms. The van der Waals surface area contributed by atoms with Crippen LogP contribution in [0.3, 0.4) is 0 Å². The van der Waals surface area contributed by atoms with Crippen molar-refractivity contribution < 1.29 is 5.11 Å². The van der Waals surface area contributed by atoms with Crippen molar-refractivity contribution in [3.8, 4) is 0 Å². The summed E-state index contributed by atoms with van der Waals surface area (Å²) in [5.74, 6) is 0.742. The zero-order valence-corrected chi connectivity index (χ0v) is 9.37. The molecule has 1 aromatic carbocycles. The monoisotopic (exact) mass is 216 g/mol. The van der Waals surface area contributed by atoms with Crippen LogP contribution in [0.15, 0.2) is 42.7 Å². The van der Waals surface area contributed by atoms with Crippen LogP contribution in [0.5, 0.6) is 0 Å². The van der Waals surface area contributed by atoms with Gasteiger partial charge in [-0.1, -0.05) is 37.3 Å². The molecule has 1 heterocycles. The van der Waals surface area contributed by atoms with Crippen molar-refractivity contribution >= 4 is 0 Å². The minimum atomic E-state index is -0.473. The lowest BCUT2D eigenvalue weighted by Gasteiger charge is -2.11. The fourth-order valence-electron chi connectivity index (χ4n) is 1.71. The summed E-state index contributed by atoms with van der Waals surface area (Å²) in [7, 11) is 0. The fourth-order valence-corrected chi connectivity index (χ4v) is 1.71. The van der Waals surface area contributed by atoms with Crippen molar-refractivity contribution in [2.24, 2.45) is 0 Å². The quantitative estimate of drug-likeness (QED) is 0.852. The van der Waals surface area contributed by atoms with E-state index in [0.29, 0.717) is 6.42 Å². The molecular weight excluding hydrogens is 200 g/mol. The molecule has 0 amide bonds. The molecule has 3 nitrogen and oxygen atoms in total. The molecule has 2 rings (SSSR count). The van der Waals surface area contributed by atoms with E-state index in [2.05, 4.69) is 17.1 Å². The van der Waals surface area contributed by atoms with E-state index in [1.807, 2.05) is 35.9 Å². The molecule has 1 unspecified atom stereocenters. The molecule has 0 saturated carbocycles. The smallest absolute Gasteiger partial charge is 0.137 e. The number of benzene rings is 1. The largest absolute Gasteiger partial charge is 0.385 e. The Bertz CT molecular complexity index is 436. The van der Waals surface area contributed by atoms with Gasteiger partial charge in [-0.05, 0) is 12.0 Å². The second-order valence-electron chi connectivity index (χ2n) is 3.82. The van der Waals surface area contributed by atoms with Gasteiger partial charge in [0.2, 0.25) is 0 Å². The number of aliphatic hydroxyl groups excluding tert-OH is 1. The lowest BCUT2D eigenvalue weighted by molar-refractivity contribution is 0.159. The first-order valence-electron chi connectivity index (χ1n) is 5.54. The van der Waals surface area contributed by atoms with Crippen molar-refractivity contribution in [3.05, 3.63) is 54.1 Å². The fraction of sp³-hybridized carbons (Fsp3) is 0.308. The van der Waals surface area contributed by atoms with E-state index in [-0.39, 0.29) is 0 Å². The Balaban J connectivity index is 2.19. The predicted octanol–water partition coefficient (Wildman–Crippen LogP) is 2.37. The molecule has 84 valence electrons. The van der Waals surface area contributed by atoms with Crippen molar-refractivity contribution in [1.82, 2.24) is 9.55 Å². The number of nitrogens with zero attached hydrogens (tertiary/aromatic N) is 2. The molecule has 3 heteroatoms. The summed E-state index contributed by atoms with van der Waals surface area (Å²) < 4.78 is 1.99. The molecule has 1 N–H and O–H groups in total. The van der Waals surface area contributed by atoms with Gasteiger partial charge in [-0.3, -0.25) is 0 Å². The Morgan fingerprint density at radius 1 is 1.31 bits per heavy atom. The molecule has 1 atom stereocenters. The molecule has 0 radical (unpaired) electrons. The van der Waals surface area contributed by atoms with E-state index in [9.17, 15) is 5.11 Å². The number of imidazole rings is 1. The lowest BCUT2D eigenvalue weighted by Crippen LogP contribution is -2.08. The Labute approximate surface area is 95.4 Å². The Hall–Kier alpha value is -1.61. The molecule has 0 aliphatic rings. The number of rotatable bonds is 4. The molecule has 1 aromatic heterocycles. The van der Waals surface area contributed by atoms with Crippen molar-refractivity contribution in [2.45, 2.75) is 26.0 Å². The molecule has 16 heavy (non-hydrogen) atoms. The van der Waals surface area contributed by atoms with Gasteiger partial charge in [0.25, 0.3) is 0 Å². The van der Waals surface area contributed by atoms with Gasteiger partial charge in [0.15, 0.2) is 0 Å². The van der Waals surface area contributed by atoms with Gasteiger partial charge in [0.05, 0.1) is 0 Å². The van der Waals surface area contributed by atoms with Gasteiger partial charge in [0.1, 0.15) is 11.9 Å². The molecule has 0 aliphatic carbocycles. The standard InChI is InChI=1S/C13H16N2O/c1-2-12(16)13-14-8-9-15(13)10-11-6-4-3-5-7-11/h3-9,12,16H,2,10H2,1H3. The summed E-state index contributed by atoms with van der Waals surface area (Å²) in [6.07, 6.45) is 3.85. The summed E-state index contributed by atoms with van der Waals surface area (Å²) >= 11 is 0. The average molecular weight is 216 g/mol. The van der Waals surface area contributed by atoms with E-state index in [4.69, 9.17) is 0 Å². The Morgan fingerprint density at radius 3 is 2.75 bits per heavy atom. The van der Waals surface area contributed by atoms with Gasteiger partial charge < -0.3 is 9.67 Å². The second-order valence-corrected chi connectivity index (χ2v) is 3.82. The second kappa shape index (κ2) is 4.94. The highest BCUT2D eigenvalue weighted by Crippen LogP contribution is 2.15. The van der Waals surface area contributed by atoms with Gasteiger partial charge in [0, 0.05) is 18.9 Å². The highest BCUT2D eigenvalue weighted by Gasteiger charge is 2.11. The van der Waals surface area contributed by atoms with Crippen LogP contribution in [0.1, 0.15) is 30.8 Å². The molecule has 0 saturated heterocycles. The summed E-state index contributed by atoms with van der Waals surface area (Å²) in [6.45, 7) is 2.71. The summed E-state index contributed by atoms with van der Waals surface area (Å²) in [6, 6.07) is 10.2. The van der Waals surface area contributed by atoms with Crippen LogP contribution >= 0.6 is 0 Å². The van der Waals surface area contributed by atoms with Crippen molar-refractivity contribution in [3.63, 3.8) is 0 Å². The maximum absolute atomic E-state index is 9.79. The van der Waals surface area contributed by atoms with E-state index in [0.717, 1.165) is 12.4 Å². The minimum Gasteiger partial charge on any atom is -0.385 e. The first-order valence-corrected chi connectivity index (χ1v) is 5.54. The summed E-state index contributed by atoms with van der Waals surface area (Å²) in [5.41, 5.74) is 1.21. The van der Waals surface area contributed by atoms with Gasteiger partial charge in [-0.15, -0.1) is 0 Å². The highest BCUT2D eigenvalue weighted by molar-refractivity contribution is 5.16. The highest BCUT2D eigenvalue weighted by atomic mass is 16.3. The van der Waals surface area contributed by atoms with Gasteiger partial charge in [-0.2, -0.15) is 0 Å². The number of hydrogen-bond donors (Lipinski definition) is 1. The van der Waals surface area contributed by atoms with Crippen LogP contribution in [0, 0.1) is 0 Å². The van der Waals surface area contributed by atoms with E-state index in [1.165, 1.54) is 5.56 Å². The SMILES string of the molecule is CCC(O)c1nccn1Cc1ccccc1. The zero-order chi connectivity index (χ0) is 11.4. The van der Waals surface area contributed by atoms with Crippen molar-refractivity contribution in [2.75, 3.05) is 0 Å². The number of aromatic nitrogens is 2. The zero-order valence-electron chi connectivity index (χ0n) is 9.37. The van der Waals surface area contributed by atoms with Crippen LogP contribution in [-0.2, 0) is 6.54 Å². The summed E-state index contributed by atoms with van der Waals surface area (Å²) in [4.78, 5) is 4.20. The Kier molecular flexibility index (Phi) is 3.37. The average Bonchev–Trinajstić information content (AvgIpc) is 2.77. The molecule has 0 aliphatic heterocycles.